The Morgan fingerprint density at radius 1 is 1.50 bits per heavy atom. The maximum Gasteiger partial charge on any atom is 0.135 e. The van der Waals surface area contributed by atoms with Gasteiger partial charge in [-0.2, -0.15) is 0 Å². The molecule has 0 aromatic heterocycles. The van der Waals surface area contributed by atoms with Gasteiger partial charge in [0.2, 0.25) is 0 Å². The van der Waals surface area contributed by atoms with Gasteiger partial charge in [0.15, 0.2) is 0 Å². The van der Waals surface area contributed by atoms with Crippen molar-refractivity contribution in [2.45, 2.75) is 19.8 Å². The molecule has 0 saturated heterocycles. The summed E-state index contributed by atoms with van der Waals surface area (Å²) in [5, 5.41) is 0. The van der Waals surface area contributed by atoms with Crippen molar-refractivity contribution >= 4 is 28.3 Å². The molecular formula is C7H15NS2. The van der Waals surface area contributed by atoms with Crippen molar-refractivity contribution in [2.75, 3.05) is 19.8 Å². The summed E-state index contributed by atoms with van der Waals surface area (Å²) in [7, 11) is 3.97. The molecule has 0 bridgehead atoms. The molecule has 0 aromatic carbocycles. The van der Waals surface area contributed by atoms with Crippen LogP contribution in [0.2, 0.25) is 0 Å². The first kappa shape index (κ1) is 10.2. The zero-order valence-corrected chi connectivity index (χ0v) is 8.52. The third-order valence-corrected chi connectivity index (χ3v) is 2.91. The Morgan fingerprint density at radius 2 is 2.10 bits per heavy atom. The summed E-state index contributed by atoms with van der Waals surface area (Å²) in [5.74, 6) is 1.16. The van der Waals surface area contributed by atoms with Gasteiger partial charge in [0.05, 0.1) is 0 Å². The molecule has 0 unspecified atom stereocenters. The molecule has 1 nitrogen and oxygen atoms in total. The zero-order valence-electron chi connectivity index (χ0n) is 6.89. The molecular weight excluding hydrogens is 162 g/mol. The van der Waals surface area contributed by atoms with E-state index in [0.717, 1.165) is 10.1 Å². The van der Waals surface area contributed by atoms with Crippen molar-refractivity contribution in [3.63, 3.8) is 0 Å². The van der Waals surface area contributed by atoms with E-state index in [1.165, 1.54) is 12.8 Å². The van der Waals surface area contributed by atoms with Crippen LogP contribution >= 0.6 is 24.0 Å². The van der Waals surface area contributed by atoms with E-state index in [9.17, 15) is 0 Å². The molecule has 0 aliphatic rings. The zero-order chi connectivity index (χ0) is 7.98. The van der Waals surface area contributed by atoms with Crippen LogP contribution in [0.5, 0.6) is 0 Å². The fourth-order valence-corrected chi connectivity index (χ4v) is 1.55. The van der Waals surface area contributed by atoms with E-state index in [0.29, 0.717) is 0 Å². The standard InChI is InChI=1S/C7H15NS2/c1-4-5-6-10-7(9)8(2)3/h4-6H2,1-3H3. The summed E-state index contributed by atoms with van der Waals surface area (Å²) in [6.45, 7) is 2.19. The lowest BCUT2D eigenvalue weighted by Gasteiger charge is -2.11. The fraction of sp³-hybridized carbons (Fsp3) is 0.857. The van der Waals surface area contributed by atoms with Crippen molar-refractivity contribution in [1.29, 1.82) is 0 Å². The van der Waals surface area contributed by atoms with Crippen LogP contribution in [0.15, 0.2) is 0 Å². The van der Waals surface area contributed by atoms with Crippen molar-refractivity contribution in [1.82, 2.24) is 4.90 Å². The molecule has 0 aliphatic carbocycles. The number of hydrogen-bond donors (Lipinski definition) is 0. The Kier molecular flexibility index (Phi) is 6.13. The molecule has 10 heavy (non-hydrogen) atoms. The number of thiocarbonyl (C=S) groups is 1. The Morgan fingerprint density at radius 3 is 2.50 bits per heavy atom. The molecule has 60 valence electrons. The van der Waals surface area contributed by atoms with Gasteiger partial charge in [-0.25, -0.2) is 0 Å². The summed E-state index contributed by atoms with van der Waals surface area (Å²) in [6.07, 6.45) is 2.52. The lowest BCUT2D eigenvalue weighted by Crippen LogP contribution is -2.16. The average molecular weight is 177 g/mol. The third-order valence-electron chi connectivity index (χ3n) is 1.09. The van der Waals surface area contributed by atoms with E-state index in [4.69, 9.17) is 12.2 Å². The van der Waals surface area contributed by atoms with Gasteiger partial charge in [0.25, 0.3) is 0 Å². The van der Waals surface area contributed by atoms with Crippen LogP contribution in [-0.4, -0.2) is 29.1 Å². The second-order valence-corrected chi connectivity index (χ2v) is 4.09. The molecule has 0 aliphatic heterocycles. The molecule has 0 saturated carbocycles. The summed E-state index contributed by atoms with van der Waals surface area (Å²) < 4.78 is 0.994. The first-order valence-corrected chi connectivity index (χ1v) is 4.92. The highest BCUT2D eigenvalue weighted by molar-refractivity contribution is 8.22. The average Bonchev–Trinajstić information content (AvgIpc) is 1.88. The first-order valence-electron chi connectivity index (χ1n) is 3.52. The van der Waals surface area contributed by atoms with Gasteiger partial charge >= 0.3 is 0 Å². The monoisotopic (exact) mass is 177 g/mol. The van der Waals surface area contributed by atoms with Gasteiger partial charge in [0, 0.05) is 19.8 Å². The van der Waals surface area contributed by atoms with Crippen molar-refractivity contribution < 1.29 is 0 Å². The van der Waals surface area contributed by atoms with Crippen LogP contribution in [0.3, 0.4) is 0 Å². The highest BCUT2D eigenvalue weighted by Gasteiger charge is 1.97. The van der Waals surface area contributed by atoms with Crippen LogP contribution in [0.1, 0.15) is 19.8 Å². The highest BCUT2D eigenvalue weighted by Crippen LogP contribution is 2.08. The third kappa shape index (κ3) is 5.06. The van der Waals surface area contributed by atoms with E-state index in [-0.39, 0.29) is 0 Å². The second-order valence-electron chi connectivity index (χ2n) is 2.36. The van der Waals surface area contributed by atoms with Crippen LogP contribution in [0.4, 0.5) is 0 Å². The van der Waals surface area contributed by atoms with E-state index in [1.54, 1.807) is 11.8 Å². The predicted octanol–water partition coefficient (Wildman–Crippen LogP) is 2.37. The number of hydrogen-bond acceptors (Lipinski definition) is 2. The van der Waals surface area contributed by atoms with E-state index >= 15 is 0 Å². The maximum absolute atomic E-state index is 5.08. The van der Waals surface area contributed by atoms with Crippen LogP contribution < -0.4 is 0 Å². The maximum atomic E-state index is 5.08. The Bertz CT molecular complexity index is 102. The van der Waals surface area contributed by atoms with Gasteiger partial charge in [-0.15, -0.1) is 0 Å². The normalized spacial score (nSPS) is 9.50. The number of thioether (sulfide) groups is 1. The minimum Gasteiger partial charge on any atom is -0.364 e. The molecule has 0 heterocycles. The molecule has 0 radical (unpaired) electrons. The summed E-state index contributed by atoms with van der Waals surface area (Å²) in [4.78, 5) is 1.98. The van der Waals surface area contributed by atoms with Gasteiger partial charge in [0.1, 0.15) is 4.32 Å². The fourth-order valence-electron chi connectivity index (χ4n) is 0.433. The minimum absolute atomic E-state index is 0.994. The molecule has 0 spiro atoms. The minimum atomic E-state index is 0.994. The van der Waals surface area contributed by atoms with Gasteiger partial charge in [-0.1, -0.05) is 37.3 Å². The molecule has 0 N–H and O–H groups in total. The summed E-state index contributed by atoms with van der Waals surface area (Å²) in [6, 6.07) is 0. The molecule has 0 amide bonds. The molecule has 0 atom stereocenters. The van der Waals surface area contributed by atoms with Crippen molar-refractivity contribution in [3.8, 4) is 0 Å². The van der Waals surface area contributed by atoms with Crippen LogP contribution in [0.25, 0.3) is 0 Å². The summed E-state index contributed by atoms with van der Waals surface area (Å²) in [5.41, 5.74) is 0. The SMILES string of the molecule is CCCCSC(=S)N(C)C. The van der Waals surface area contributed by atoms with Crippen molar-refractivity contribution in [2.24, 2.45) is 0 Å². The first-order chi connectivity index (χ1) is 4.68. The lowest BCUT2D eigenvalue weighted by molar-refractivity contribution is 0.648. The van der Waals surface area contributed by atoms with Gasteiger partial charge in [-0.3, -0.25) is 0 Å². The summed E-state index contributed by atoms with van der Waals surface area (Å²) >= 11 is 6.85. The van der Waals surface area contributed by atoms with E-state index in [2.05, 4.69) is 6.92 Å². The van der Waals surface area contributed by atoms with Crippen molar-refractivity contribution in [3.05, 3.63) is 0 Å². The smallest absolute Gasteiger partial charge is 0.135 e. The molecule has 0 aromatic rings. The lowest BCUT2D eigenvalue weighted by atomic mass is 10.4. The van der Waals surface area contributed by atoms with E-state index < -0.39 is 0 Å². The Labute approximate surface area is 73.2 Å². The largest absolute Gasteiger partial charge is 0.364 e. The number of rotatable bonds is 3. The second kappa shape index (κ2) is 5.98. The Hall–Kier alpha value is 0.240. The van der Waals surface area contributed by atoms with Gasteiger partial charge < -0.3 is 4.90 Å². The predicted molar refractivity (Wildman–Crippen MR) is 53.7 cm³/mol. The van der Waals surface area contributed by atoms with Crippen LogP contribution in [0, 0.1) is 0 Å². The topological polar surface area (TPSA) is 3.24 Å². The van der Waals surface area contributed by atoms with E-state index in [1.807, 2.05) is 19.0 Å². The molecule has 3 heteroatoms. The number of nitrogens with zero attached hydrogens (tertiary/aromatic N) is 1. The molecule has 0 rings (SSSR count). The number of unbranched alkanes of at least 4 members (excludes halogenated alkanes) is 1. The Balaban J connectivity index is 3.22. The highest BCUT2D eigenvalue weighted by atomic mass is 32.2. The quantitative estimate of drug-likeness (QED) is 0.481. The van der Waals surface area contributed by atoms with Gasteiger partial charge in [-0.05, 0) is 6.42 Å². The van der Waals surface area contributed by atoms with Crippen LogP contribution in [-0.2, 0) is 0 Å². The molecule has 0 fully saturated rings.